The highest BCUT2D eigenvalue weighted by molar-refractivity contribution is 5.92. The molecule has 0 radical (unpaired) electrons. The van der Waals surface area contributed by atoms with Crippen molar-refractivity contribution in [2.45, 2.75) is 36.8 Å². The number of carboxylic acid groups (broad SMARTS) is 1. The first-order valence-electron chi connectivity index (χ1n) is 11.6. The summed E-state index contributed by atoms with van der Waals surface area (Å²) in [4.78, 5) is 38.9. The van der Waals surface area contributed by atoms with Crippen LogP contribution >= 0.6 is 0 Å². The Hall–Kier alpha value is -3.39. The van der Waals surface area contributed by atoms with Crippen LogP contribution in [-0.2, 0) is 19.1 Å². The molecule has 0 spiro atoms. The largest absolute Gasteiger partial charge is 0.479 e. The number of carbonyl (C=O) groups is 3. The summed E-state index contributed by atoms with van der Waals surface area (Å²) in [6.07, 6.45) is 0.432. The van der Waals surface area contributed by atoms with Crippen molar-refractivity contribution in [1.82, 2.24) is 10.2 Å². The Balaban J connectivity index is 1.19. The Morgan fingerprint density at radius 3 is 2.38 bits per heavy atom. The van der Waals surface area contributed by atoms with Gasteiger partial charge in [-0.2, -0.15) is 0 Å². The van der Waals surface area contributed by atoms with Crippen molar-refractivity contribution in [3.8, 4) is 11.1 Å². The number of hydrogen-bond donors (Lipinski definition) is 2. The molecular formula is C26H28N2O6. The van der Waals surface area contributed by atoms with Crippen molar-refractivity contribution < 1.29 is 29.0 Å². The summed E-state index contributed by atoms with van der Waals surface area (Å²) in [6.45, 7) is 0.455. The molecule has 2 amide bonds. The van der Waals surface area contributed by atoms with E-state index in [4.69, 9.17) is 9.47 Å². The number of alkyl carbamates (subject to hydrolysis) is 1. The van der Waals surface area contributed by atoms with Gasteiger partial charge in [0.2, 0.25) is 0 Å². The molecule has 34 heavy (non-hydrogen) atoms. The quantitative estimate of drug-likeness (QED) is 0.653. The Kier molecular flexibility index (Phi) is 5.77. The van der Waals surface area contributed by atoms with Gasteiger partial charge in [0.05, 0.1) is 6.54 Å². The highest BCUT2D eigenvalue weighted by Gasteiger charge is 2.67. The highest BCUT2D eigenvalue weighted by Crippen LogP contribution is 2.54. The number of ether oxygens (including phenoxy) is 2. The Morgan fingerprint density at radius 2 is 1.76 bits per heavy atom. The molecule has 2 aromatic carbocycles. The summed E-state index contributed by atoms with van der Waals surface area (Å²) in [5, 5.41) is 12.3. The van der Waals surface area contributed by atoms with E-state index in [0.717, 1.165) is 35.1 Å². The van der Waals surface area contributed by atoms with Crippen molar-refractivity contribution in [3.05, 3.63) is 59.7 Å². The topological polar surface area (TPSA) is 105 Å². The van der Waals surface area contributed by atoms with Crippen LogP contribution in [0.2, 0.25) is 0 Å². The van der Waals surface area contributed by atoms with Crippen LogP contribution in [0.25, 0.3) is 11.1 Å². The van der Waals surface area contributed by atoms with Crippen molar-refractivity contribution >= 4 is 18.0 Å². The smallest absolute Gasteiger partial charge is 0.407 e. The fourth-order valence-electron chi connectivity index (χ4n) is 5.64. The predicted molar refractivity (Wildman–Crippen MR) is 123 cm³/mol. The molecule has 8 heteroatoms. The Morgan fingerprint density at radius 1 is 1.12 bits per heavy atom. The van der Waals surface area contributed by atoms with Crippen molar-refractivity contribution in [2.24, 2.45) is 5.92 Å². The average Bonchev–Trinajstić information content (AvgIpc) is 3.54. The van der Waals surface area contributed by atoms with Gasteiger partial charge in [-0.1, -0.05) is 48.5 Å². The van der Waals surface area contributed by atoms with E-state index in [1.54, 1.807) is 0 Å². The summed E-state index contributed by atoms with van der Waals surface area (Å²) in [5.41, 5.74) is 3.40. The van der Waals surface area contributed by atoms with Gasteiger partial charge in [-0.3, -0.25) is 4.79 Å². The first-order valence-corrected chi connectivity index (χ1v) is 11.6. The number of benzene rings is 2. The molecule has 0 bridgehead atoms. The summed E-state index contributed by atoms with van der Waals surface area (Å²) in [6, 6.07) is 16.2. The molecule has 1 heterocycles. The van der Waals surface area contributed by atoms with Gasteiger partial charge in [0, 0.05) is 19.6 Å². The van der Waals surface area contributed by atoms with Crippen LogP contribution in [0.4, 0.5) is 4.79 Å². The summed E-state index contributed by atoms with van der Waals surface area (Å²) < 4.78 is 10.8. The molecule has 2 N–H and O–H groups in total. The number of aliphatic carboxylic acids is 1. The Bertz CT molecular complexity index is 1090. The molecular weight excluding hydrogens is 436 g/mol. The molecule has 2 aromatic rings. The van der Waals surface area contributed by atoms with E-state index in [9.17, 15) is 19.5 Å². The second-order valence-electron chi connectivity index (χ2n) is 9.19. The van der Waals surface area contributed by atoms with Crippen LogP contribution in [0.1, 0.15) is 36.3 Å². The highest BCUT2D eigenvalue weighted by atomic mass is 16.5. The Labute approximate surface area is 197 Å². The standard InChI is InChI=1S/C26H28N2O6/c1-33-22(23(29)28-12-6-7-16-13-26(16,28)24(30)31)14-27-25(32)34-15-21-19-10-4-2-8-17(19)18-9-3-5-11-20(18)21/h2-5,8-11,16,21-22H,6-7,12-15H2,1H3,(H,27,32)(H,30,31). The van der Waals surface area contributed by atoms with Gasteiger partial charge < -0.3 is 24.8 Å². The molecule has 2 fully saturated rings. The van der Waals surface area contributed by atoms with E-state index in [1.807, 2.05) is 36.4 Å². The lowest BCUT2D eigenvalue weighted by molar-refractivity contribution is -0.159. The second kappa shape index (κ2) is 8.76. The lowest BCUT2D eigenvalue weighted by atomic mass is 9.98. The number of carboxylic acids is 1. The molecule has 3 aliphatic rings. The molecule has 5 rings (SSSR count). The van der Waals surface area contributed by atoms with Crippen molar-refractivity contribution in [3.63, 3.8) is 0 Å². The van der Waals surface area contributed by atoms with E-state index >= 15 is 0 Å². The minimum Gasteiger partial charge on any atom is -0.479 e. The van der Waals surface area contributed by atoms with Crippen LogP contribution in [-0.4, -0.2) is 66.4 Å². The van der Waals surface area contributed by atoms with Gasteiger partial charge in [0.25, 0.3) is 5.91 Å². The molecule has 1 aliphatic heterocycles. The number of nitrogens with zero attached hydrogens (tertiary/aromatic N) is 1. The number of rotatable bonds is 7. The first kappa shape index (κ1) is 22.4. The fraction of sp³-hybridized carbons (Fsp3) is 0.423. The lowest BCUT2D eigenvalue weighted by Crippen LogP contribution is -2.56. The molecule has 1 saturated carbocycles. The SMILES string of the molecule is COC(CNC(=O)OCC1c2ccccc2-c2ccccc21)C(=O)N1CCCC2CC21C(=O)O. The van der Waals surface area contributed by atoms with Gasteiger partial charge in [0.15, 0.2) is 6.10 Å². The second-order valence-corrected chi connectivity index (χ2v) is 9.19. The maximum atomic E-state index is 13.1. The zero-order chi connectivity index (χ0) is 23.9. The van der Waals surface area contributed by atoms with Crippen molar-refractivity contribution in [2.75, 3.05) is 26.8 Å². The van der Waals surface area contributed by atoms with Crippen molar-refractivity contribution in [1.29, 1.82) is 0 Å². The zero-order valence-electron chi connectivity index (χ0n) is 19.0. The van der Waals surface area contributed by atoms with E-state index in [1.165, 1.54) is 12.0 Å². The monoisotopic (exact) mass is 464 g/mol. The number of nitrogens with one attached hydrogen (secondary N) is 1. The lowest BCUT2D eigenvalue weighted by Gasteiger charge is -2.35. The number of amides is 2. The fourth-order valence-corrected chi connectivity index (χ4v) is 5.64. The van der Waals surface area contributed by atoms with Gasteiger partial charge in [-0.15, -0.1) is 0 Å². The minimum absolute atomic E-state index is 0.00435. The maximum Gasteiger partial charge on any atom is 0.407 e. The number of likely N-dealkylation sites (tertiary alicyclic amines) is 1. The first-order chi connectivity index (χ1) is 16.5. The van der Waals surface area contributed by atoms with E-state index in [2.05, 4.69) is 17.4 Å². The molecule has 3 atom stereocenters. The third-order valence-electron chi connectivity index (χ3n) is 7.46. The molecule has 8 nitrogen and oxygen atoms in total. The van der Waals surface area contributed by atoms with E-state index in [-0.39, 0.29) is 25.0 Å². The number of fused-ring (bicyclic) bond motifs is 4. The van der Waals surface area contributed by atoms with Gasteiger partial charge in [0.1, 0.15) is 12.1 Å². The third-order valence-corrected chi connectivity index (χ3v) is 7.46. The number of hydrogen-bond acceptors (Lipinski definition) is 5. The minimum atomic E-state index is -1.12. The summed E-state index contributed by atoms with van der Waals surface area (Å²) in [5.74, 6) is -1.44. The van der Waals surface area contributed by atoms with Crippen LogP contribution in [0.15, 0.2) is 48.5 Å². The number of piperidine rings is 1. The van der Waals surface area contributed by atoms with Gasteiger partial charge in [-0.25, -0.2) is 9.59 Å². The van der Waals surface area contributed by atoms with Crippen LogP contribution in [0.3, 0.4) is 0 Å². The molecule has 3 unspecified atom stereocenters. The normalized spacial score (nSPS) is 23.3. The predicted octanol–water partition coefficient (Wildman–Crippen LogP) is 3.01. The van der Waals surface area contributed by atoms with Crippen LogP contribution in [0, 0.1) is 5.92 Å². The third kappa shape index (κ3) is 3.62. The van der Waals surface area contributed by atoms with Gasteiger partial charge in [-0.05, 0) is 47.4 Å². The van der Waals surface area contributed by atoms with E-state index < -0.39 is 29.6 Å². The van der Waals surface area contributed by atoms with E-state index in [0.29, 0.717) is 13.0 Å². The molecule has 178 valence electrons. The average molecular weight is 465 g/mol. The zero-order valence-corrected chi connectivity index (χ0v) is 19.0. The van der Waals surface area contributed by atoms with Crippen LogP contribution in [0.5, 0.6) is 0 Å². The maximum absolute atomic E-state index is 13.1. The molecule has 1 saturated heterocycles. The van der Waals surface area contributed by atoms with Crippen LogP contribution < -0.4 is 5.32 Å². The summed E-state index contributed by atoms with van der Waals surface area (Å²) >= 11 is 0. The molecule has 0 aromatic heterocycles. The number of carbonyl (C=O) groups excluding carboxylic acids is 2. The number of methoxy groups -OCH3 is 1. The van der Waals surface area contributed by atoms with Gasteiger partial charge >= 0.3 is 12.1 Å². The summed E-state index contributed by atoms with van der Waals surface area (Å²) in [7, 11) is 1.38. The molecule has 2 aliphatic carbocycles.